The van der Waals surface area contributed by atoms with Crippen molar-refractivity contribution in [2.75, 3.05) is 33.5 Å². The van der Waals surface area contributed by atoms with Gasteiger partial charge in [-0.15, -0.1) is 0 Å². The number of cyclic esters (lactones) is 1. The lowest BCUT2D eigenvalue weighted by Crippen LogP contribution is -2.61. The van der Waals surface area contributed by atoms with Crippen molar-refractivity contribution in [3.05, 3.63) is 11.6 Å². The van der Waals surface area contributed by atoms with Crippen molar-refractivity contribution >= 4 is 11.9 Å². The molecule has 2 saturated carbocycles. The van der Waals surface area contributed by atoms with Gasteiger partial charge in [-0.1, -0.05) is 13.8 Å². The van der Waals surface area contributed by atoms with E-state index in [0.29, 0.717) is 25.0 Å². The maximum atomic E-state index is 12.4. The Morgan fingerprint density at radius 2 is 2.10 bits per heavy atom. The fraction of sp³-hybridized carbons (Fsp3) is 0.826. The first-order valence-electron chi connectivity index (χ1n) is 11.3. The van der Waals surface area contributed by atoms with Crippen LogP contribution in [0.25, 0.3) is 0 Å². The number of hydrogen-bond donors (Lipinski definition) is 3. The van der Waals surface area contributed by atoms with Crippen molar-refractivity contribution < 1.29 is 34.0 Å². The van der Waals surface area contributed by atoms with E-state index in [2.05, 4.69) is 12.2 Å². The number of carbonyl (C=O) groups excluding carboxylic acids is 2. The Morgan fingerprint density at radius 3 is 2.68 bits per heavy atom. The third-order valence-corrected chi connectivity index (χ3v) is 8.77. The first kappa shape index (κ1) is 22.7. The van der Waals surface area contributed by atoms with Crippen LogP contribution in [0.4, 0.5) is 0 Å². The second-order valence-electron chi connectivity index (χ2n) is 10.2. The number of ether oxygens (including phenoxy) is 3. The van der Waals surface area contributed by atoms with Crippen LogP contribution in [0.1, 0.15) is 46.0 Å². The Balaban J connectivity index is 1.64. The fourth-order valence-electron chi connectivity index (χ4n) is 6.81. The number of aliphatic hydroxyl groups is 2. The van der Waals surface area contributed by atoms with Gasteiger partial charge in [-0.3, -0.25) is 10.1 Å². The zero-order valence-corrected chi connectivity index (χ0v) is 18.7. The summed E-state index contributed by atoms with van der Waals surface area (Å²) in [6, 6.07) is -0.358. The number of epoxide rings is 1. The van der Waals surface area contributed by atoms with Gasteiger partial charge >= 0.3 is 11.9 Å². The Hall–Kier alpha value is -1.48. The van der Waals surface area contributed by atoms with Crippen molar-refractivity contribution in [1.82, 2.24) is 5.32 Å². The average Bonchev–Trinajstić information content (AvgIpc) is 3.40. The quantitative estimate of drug-likeness (QED) is 0.398. The number of esters is 2. The lowest BCUT2D eigenvalue weighted by atomic mass is 9.44. The maximum absolute atomic E-state index is 12.4. The SMILES string of the molecule is COC(=O)CNC(C[C@@H]1C2(CCC3[C@](C)(CO)[C@H](O)CC[C@@]31C)CO2)C1=CCOC1=O. The number of hydrogen-bond acceptors (Lipinski definition) is 8. The smallest absolute Gasteiger partial charge is 0.335 e. The van der Waals surface area contributed by atoms with Gasteiger partial charge in [0.05, 0.1) is 44.1 Å². The Morgan fingerprint density at radius 1 is 1.35 bits per heavy atom. The molecule has 4 aliphatic rings. The first-order valence-corrected chi connectivity index (χ1v) is 11.3. The van der Waals surface area contributed by atoms with Crippen LogP contribution in [-0.4, -0.2) is 73.4 Å². The lowest BCUT2D eigenvalue weighted by molar-refractivity contribution is -0.177. The summed E-state index contributed by atoms with van der Waals surface area (Å²) in [5, 5.41) is 24.2. The van der Waals surface area contributed by atoms with Crippen LogP contribution in [0.5, 0.6) is 0 Å². The van der Waals surface area contributed by atoms with E-state index in [9.17, 15) is 19.8 Å². The monoisotopic (exact) mass is 437 g/mol. The largest absolute Gasteiger partial charge is 0.468 e. The number of rotatable bonds is 7. The summed E-state index contributed by atoms with van der Waals surface area (Å²) >= 11 is 0. The van der Waals surface area contributed by atoms with Gasteiger partial charge in [-0.25, -0.2) is 4.79 Å². The third-order valence-electron chi connectivity index (χ3n) is 8.77. The molecule has 2 heterocycles. The van der Waals surface area contributed by atoms with Gasteiger partial charge in [-0.2, -0.15) is 0 Å². The standard InChI is InChI=1S/C23H35NO7/c1-21-7-5-18(26)22(2,12-25)16(21)4-8-23(13-31-23)17(21)10-15(24-11-19(27)29-3)14-6-9-30-20(14)28/h6,15-18,24-26H,4-5,7-13H2,1-3H3/t15?,16?,17-,18+,21-,22-,23?/m0/s1. The number of nitrogens with one attached hydrogen (secondary N) is 1. The molecule has 31 heavy (non-hydrogen) atoms. The lowest BCUT2D eigenvalue weighted by Gasteiger charge is -2.61. The summed E-state index contributed by atoms with van der Waals surface area (Å²) in [6.45, 7) is 5.11. The highest BCUT2D eigenvalue weighted by Gasteiger charge is 2.67. The van der Waals surface area contributed by atoms with E-state index in [1.54, 1.807) is 6.08 Å². The van der Waals surface area contributed by atoms with Crippen LogP contribution in [0.15, 0.2) is 11.6 Å². The Kier molecular flexibility index (Phi) is 5.96. The van der Waals surface area contributed by atoms with Crippen LogP contribution < -0.4 is 5.32 Å². The molecule has 0 bridgehead atoms. The van der Waals surface area contributed by atoms with Gasteiger partial charge in [0.2, 0.25) is 0 Å². The van der Waals surface area contributed by atoms with E-state index in [0.717, 1.165) is 19.3 Å². The zero-order valence-electron chi connectivity index (χ0n) is 18.7. The van der Waals surface area contributed by atoms with Crippen molar-refractivity contribution in [2.45, 2.75) is 63.7 Å². The highest BCUT2D eigenvalue weighted by atomic mass is 16.6. The highest BCUT2D eigenvalue weighted by molar-refractivity contribution is 5.91. The molecule has 2 aliphatic carbocycles. The molecule has 3 fully saturated rings. The van der Waals surface area contributed by atoms with Crippen LogP contribution in [0, 0.1) is 22.7 Å². The van der Waals surface area contributed by atoms with E-state index >= 15 is 0 Å². The van der Waals surface area contributed by atoms with Gasteiger partial charge in [-0.05, 0) is 55.4 Å². The Bertz CT molecular complexity index is 763. The van der Waals surface area contributed by atoms with Gasteiger partial charge in [0.1, 0.15) is 6.61 Å². The van der Waals surface area contributed by atoms with Crippen LogP contribution >= 0.6 is 0 Å². The predicted octanol–water partition coefficient (Wildman–Crippen LogP) is 0.946. The molecule has 2 aliphatic heterocycles. The summed E-state index contributed by atoms with van der Waals surface area (Å²) < 4.78 is 16.0. The minimum Gasteiger partial charge on any atom is -0.468 e. The van der Waals surface area contributed by atoms with Gasteiger partial charge in [0.25, 0.3) is 0 Å². The minimum atomic E-state index is -0.567. The van der Waals surface area contributed by atoms with E-state index < -0.39 is 17.5 Å². The van der Waals surface area contributed by atoms with E-state index in [1.165, 1.54) is 7.11 Å². The molecular formula is C23H35NO7. The van der Waals surface area contributed by atoms with Crippen LogP contribution in [0.3, 0.4) is 0 Å². The predicted molar refractivity (Wildman–Crippen MR) is 111 cm³/mol. The summed E-state index contributed by atoms with van der Waals surface area (Å²) in [5.41, 5.74) is -0.425. The molecule has 1 spiro atoms. The normalized spacial score (nSPS) is 42.5. The fourth-order valence-corrected chi connectivity index (χ4v) is 6.81. The molecule has 8 nitrogen and oxygen atoms in total. The number of methoxy groups -OCH3 is 1. The molecule has 0 aromatic rings. The maximum Gasteiger partial charge on any atom is 0.335 e. The molecule has 1 saturated heterocycles. The van der Waals surface area contributed by atoms with Crippen molar-refractivity contribution in [3.8, 4) is 0 Å². The molecule has 3 N–H and O–H groups in total. The molecular weight excluding hydrogens is 402 g/mol. The van der Waals surface area contributed by atoms with Crippen LogP contribution in [-0.2, 0) is 23.8 Å². The Labute approximate surface area is 183 Å². The minimum absolute atomic E-state index is 0.000421. The topological polar surface area (TPSA) is 118 Å². The molecule has 8 heteroatoms. The number of aliphatic hydroxyl groups excluding tert-OH is 2. The second kappa shape index (κ2) is 8.14. The van der Waals surface area contributed by atoms with E-state index in [4.69, 9.17) is 14.2 Å². The molecule has 3 unspecified atom stereocenters. The summed E-state index contributed by atoms with van der Waals surface area (Å²) in [6.07, 6.45) is 5.08. The van der Waals surface area contributed by atoms with Gasteiger partial charge < -0.3 is 24.4 Å². The second-order valence-corrected chi connectivity index (χ2v) is 10.2. The summed E-state index contributed by atoms with van der Waals surface area (Å²) in [4.78, 5) is 24.2. The third kappa shape index (κ3) is 3.71. The zero-order chi connectivity index (χ0) is 22.4. The summed E-state index contributed by atoms with van der Waals surface area (Å²) in [5.74, 6) is -0.499. The number of fused-ring (bicyclic) bond motifs is 1. The molecule has 0 aromatic heterocycles. The van der Waals surface area contributed by atoms with Crippen molar-refractivity contribution in [2.24, 2.45) is 22.7 Å². The van der Waals surface area contributed by atoms with E-state index in [-0.39, 0.29) is 54.6 Å². The van der Waals surface area contributed by atoms with Crippen LogP contribution in [0.2, 0.25) is 0 Å². The number of carbonyl (C=O) groups is 2. The van der Waals surface area contributed by atoms with Gasteiger partial charge in [0, 0.05) is 11.5 Å². The summed E-state index contributed by atoms with van der Waals surface area (Å²) in [7, 11) is 1.34. The van der Waals surface area contributed by atoms with Gasteiger partial charge in [0.15, 0.2) is 0 Å². The average molecular weight is 438 g/mol. The first-order chi connectivity index (χ1) is 14.7. The molecule has 0 aromatic carbocycles. The molecule has 0 amide bonds. The van der Waals surface area contributed by atoms with Crippen molar-refractivity contribution in [1.29, 1.82) is 0 Å². The molecule has 4 rings (SSSR count). The van der Waals surface area contributed by atoms with Crippen molar-refractivity contribution in [3.63, 3.8) is 0 Å². The molecule has 0 radical (unpaired) electrons. The van der Waals surface area contributed by atoms with E-state index in [1.807, 2.05) is 6.92 Å². The molecule has 7 atom stereocenters. The highest BCUT2D eigenvalue weighted by Crippen LogP contribution is 2.66. The molecule has 174 valence electrons.